The lowest BCUT2D eigenvalue weighted by atomic mass is 9.92. The van der Waals surface area contributed by atoms with Crippen LogP contribution in [0.4, 0.5) is 0 Å². The first kappa shape index (κ1) is 12.9. The van der Waals surface area contributed by atoms with Crippen molar-refractivity contribution in [2.24, 2.45) is 0 Å². The third-order valence-electron chi connectivity index (χ3n) is 3.99. The molecule has 0 aromatic heterocycles. The first-order valence-electron chi connectivity index (χ1n) is 6.97. The van der Waals surface area contributed by atoms with Gasteiger partial charge in [0, 0.05) is 5.56 Å². The quantitative estimate of drug-likeness (QED) is 0.649. The van der Waals surface area contributed by atoms with Crippen LogP contribution in [0.5, 0.6) is 11.5 Å². The minimum Gasteiger partial charge on any atom is -0.504 e. The summed E-state index contributed by atoms with van der Waals surface area (Å²) in [5.74, 6) is -0.262. The maximum Gasteiger partial charge on any atom is 0.164 e. The highest BCUT2D eigenvalue weighted by molar-refractivity contribution is 5.91. The highest BCUT2D eigenvalue weighted by Gasteiger charge is 2.50. The molecule has 0 spiro atoms. The molecule has 5 heteroatoms. The Bertz CT molecular complexity index is 688. The lowest BCUT2D eigenvalue weighted by Crippen LogP contribution is -2.19. The second-order valence-corrected chi connectivity index (χ2v) is 5.59. The average Bonchev–Trinajstić information content (AvgIpc) is 3.37. The summed E-state index contributed by atoms with van der Waals surface area (Å²) in [5, 5.41) is 22.0. The number of phenolic OH excluding ortho intramolecular Hbond substituents is 2. The lowest BCUT2D eigenvalue weighted by Gasteiger charge is -2.17. The molecular formula is C16H16O5. The first-order valence-corrected chi connectivity index (χ1v) is 6.97. The molecule has 0 saturated carbocycles. The summed E-state index contributed by atoms with van der Waals surface area (Å²) in [6, 6.07) is 9.16. The Morgan fingerprint density at radius 1 is 1.29 bits per heavy atom. The molecule has 2 aromatic carbocycles. The average molecular weight is 288 g/mol. The molecule has 2 aliphatic heterocycles. The minimum absolute atomic E-state index is 0.127. The smallest absolute Gasteiger partial charge is 0.164 e. The van der Waals surface area contributed by atoms with E-state index in [9.17, 15) is 10.2 Å². The van der Waals surface area contributed by atoms with Gasteiger partial charge in [-0.05, 0) is 16.8 Å². The largest absolute Gasteiger partial charge is 0.504 e. The number of hydrogen-bond donors (Lipinski definition) is 2. The minimum atomic E-state index is -0.669. The van der Waals surface area contributed by atoms with Gasteiger partial charge < -0.3 is 24.4 Å². The van der Waals surface area contributed by atoms with E-state index >= 15 is 0 Å². The van der Waals surface area contributed by atoms with E-state index < -0.39 is 5.60 Å². The van der Waals surface area contributed by atoms with Crippen molar-refractivity contribution in [2.45, 2.75) is 11.7 Å². The van der Waals surface area contributed by atoms with Crippen LogP contribution in [0.25, 0.3) is 10.8 Å². The Morgan fingerprint density at radius 2 is 2.05 bits per heavy atom. The third kappa shape index (κ3) is 2.23. The monoisotopic (exact) mass is 288 g/mol. The summed E-state index contributed by atoms with van der Waals surface area (Å²) in [6.45, 7) is 2.09. The third-order valence-corrected chi connectivity index (χ3v) is 3.99. The molecule has 110 valence electrons. The molecule has 2 atom stereocenters. The zero-order valence-electron chi connectivity index (χ0n) is 11.4. The summed E-state index contributed by atoms with van der Waals surface area (Å²) in [4.78, 5) is 0. The first-order chi connectivity index (χ1) is 10.2. The number of hydrogen-bond acceptors (Lipinski definition) is 5. The summed E-state index contributed by atoms with van der Waals surface area (Å²) < 4.78 is 16.3. The number of phenols is 2. The van der Waals surface area contributed by atoms with Gasteiger partial charge in [0.05, 0.1) is 26.4 Å². The van der Waals surface area contributed by atoms with Crippen molar-refractivity contribution in [1.29, 1.82) is 0 Å². The van der Waals surface area contributed by atoms with E-state index in [2.05, 4.69) is 0 Å². The summed E-state index contributed by atoms with van der Waals surface area (Å²) in [5.41, 5.74) is -0.0630. The van der Waals surface area contributed by atoms with Crippen molar-refractivity contribution >= 4 is 10.8 Å². The van der Waals surface area contributed by atoms with Crippen LogP contribution in [0.1, 0.15) is 5.56 Å². The predicted octanol–water partition coefficient (Wildman–Crippen LogP) is 1.89. The fraction of sp³-hybridized carbons (Fsp3) is 0.375. The molecule has 5 nitrogen and oxygen atoms in total. The number of benzene rings is 2. The van der Waals surface area contributed by atoms with Gasteiger partial charge in [0.1, 0.15) is 11.7 Å². The molecule has 2 unspecified atom stereocenters. The molecule has 0 aliphatic carbocycles. The van der Waals surface area contributed by atoms with Crippen LogP contribution in [0.15, 0.2) is 30.3 Å². The van der Waals surface area contributed by atoms with Crippen LogP contribution in [0.2, 0.25) is 0 Å². The van der Waals surface area contributed by atoms with E-state index in [0.717, 1.165) is 17.4 Å². The van der Waals surface area contributed by atoms with E-state index in [1.54, 1.807) is 6.07 Å². The van der Waals surface area contributed by atoms with Crippen LogP contribution >= 0.6 is 0 Å². The second-order valence-electron chi connectivity index (χ2n) is 5.59. The highest BCUT2D eigenvalue weighted by Crippen LogP contribution is 2.49. The maximum absolute atomic E-state index is 10.3. The topological polar surface area (TPSA) is 74.8 Å². The highest BCUT2D eigenvalue weighted by atomic mass is 16.6. The number of fused-ring (bicyclic) bond motifs is 1. The van der Waals surface area contributed by atoms with Crippen molar-refractivity contribution in [1.82, 2.24) is 0 Å². The molecule has 0 amide bonds. The van der Waals surface area contributed by atoms with E-state index in [-0.39, 0.29) is 17.6 Å². The van der Waals surface area contributed by atoms with Crippen LogP contribution in [0.3, 0.4) is 0 Å². The molecule has 21 heavy (non-hydrogen) atoms. The van der Waals surface area contributed by atoms with E-state index in [1.165, 1.54) is 0 Å². The molecule has 2 heterocycles. The Labute approximate surface area is 121 Å². The van der Waals surface area contributed by atoms with Crippen LogP contribution in [0, 0.1) is 0 Å². The fourth-order valence-corrected chi connectivity index (χ4v) is 2.69. The Morgan fingerprint density at radius 3 is 2.76 bits per heavy atom. The number of epoxide rings is 2. The van der Waals surface area contributed by atoms with Crippen molar-refractivity contribution < 1.29 is 24.4 Å². The van der Waals surface area contributed by atoms with Crippen molar-refractivity contribution in [3.8, 4) is 11.5 Å². The standard InChI is InChI=1S/C16H16O5/c17-13-5-10-3-1-2-4-12(10)14(15(13)18)16(9-21-16)8-19-6-11-7-20-11/h1-5,11,17-18H,6-9H2. The van der Waals surface area contributed by atoms with Crippen LogP contribution < -0.4 is 0 Å². The number of rotatable bonds is 5. The Hall–Kier alpha value is -1.82. The van der Waals surface area contributed by atoms with Gasteiger partial charge in [-0.25, -0.2) is 0 Å². The number of ether oxygens (including phenoxy) is 3. The predicted molar refractivity (Wildman–Crippen MR) is 75.5 cm³/mol. The zero-order chi connectivity index (χ0) is 14.4. The summed E-state index contributed by atoms with van der Waals surface area (Å²) >= 11 is 0. The van der Waals surface area contributed by atoms with Crippen LogP contribution in [-0.2, 0) is 19.8 Å². The van der Waals surface area contributed by atoms with Gasteiger partial charge in [0.15, 0.2) is 11.5 Å². The normalized spacial score (nSPS) is 27.0. The van der Waals surface area contributed by atoms with Gasteiger partial charge in [-0.3, -0.25) is 0 Å². The van der Waals surface area contributed by atoms with E-state index in [0.29, 0.717) is 25.4 Å². The molecule has 2 fully saturated rings. The maximum atomic E-state index is 10.3. The van der Waals surface area contributed by atoms with Crippen molar-refractivity contribution in [3.05, 3.63) is 35.9 Å². The van der Waals surface area contributed by atoms with Gasteiger partial charge >= 0.3 is 0 Å². The molecule has 2 aliphatic rings. The molecule has 0 radical (unpaired) electrons. The van der Waals surface area contributed by atoms with E-state index in [4.69, 9.17) is 14.2 Å². The molecule has 2 aromatic rings. The number of aromatic hydroxyl groups is 2. The van der Waals surface area contributed by atoms with Crippen molar-refractivity contribution in [2.75, 3.05) is 26.4 Å². The van der Waals surface area contributed by atoms with Gasteiger partial charge in [0.25, 0.3) is 0 Å². The molecular weight excluding hydrogens is 272 g/mol. The van der Waals surface area contributed by atoms with Gasteiger partial charge in [-0.2, -0.15) is 0 Å². The van der Waals surface area contributed by atoms with Crippen LogP contribution in [-0.4, -0.2) is 42.7 Å². The molecule has 0 bridgehead atoms. The van der Waals surface area contributed by atoms with Crippen molar-refractivity contribution in [3.63, 3.8) is 0 Å². The van der Waals surface area contributed by atoms with E-state index in [1.807, 2.05) is 24.3 Å². The summed E-state index contributed by atoms with van der Waals surface area (Å²) in [6.07, 6.45) is 0.190. The molecule has 2 N–H and O–H groups in total. The SMILES string of the molecule is Oc1cc2ccccc2c(C2(COCC3CO3)CO2)c1O. The fourth-order valence-electron chi connectivity index (χ4n) is 2.69. The van der Waals surface area contributed by atoms with Gasteiger partial charge in [-0.1, -0.05) is 24.3 Å². The Balaban J connectivity index is 1.72. The molecule has 2 saturated heterocycles. The van der Waals surface area contributed by atoms with Gasteiger partial charge in [-0.15, -0.1) is 0 Å². The Kier molecular flexibility index (Phi) is 2.82. The second kappa shape index (κ2) is 4.59. The lowest BCUT2D eigenvalue weighted by molar-refractivity contribution is 0.0666. The zero-order valence-corrected chi connectivity index (χ0v) is 11.4. The van der Waals surface area contributed by atoms with Gasteiger partial charge in [0.2, 0.25) is 0 Å². The summed E-state index contributed by atoms with van der Waals surface area (Å²) in [7, 11) is 0. The molecule has 4 rings (SSSR count).